The van der Waals surface area contributed by atoms with Crippen LogP contribution in [0.2, 0.25) is 5.02 Å². The van der Waals surface area contributed by atoms with Crippen LogP contribution in [-0.4, -0.2) is 26.1 Å². The van der Waals surface area contributed by atoms with Crippen molar-refractivity contribution in [3.8, 4) is 11.1 Å². The summed E-state index contributed by atoms with van der Waals surface area (Å²) in [6.07, 6.45) is 2.76. The Morgan fingerprint density at radius 3 is 2.55 bits per heavy atom. The van der Waals surface area contributed by atoms with Crippen molar-refractivity contribution in [1.29, 1.82) is 0 Å². The lowest BCUT2D eigenvalue weighted by molar-refractivity contribution is 0.103. The van der Waals surface area contributed by atoms with Crippen LogP contribution in [0.1, 0.15) is 27.9 Å². The Kier molecular flexibility index (Phi) is 7.25. The van der Waals surface area contributed by atoms with Crippen LogP contribution >= 0.6 is 11.6 Å². The lowest BCUT2D eigenvalue weighted by atomic mass is 9.97. The first kappa shape index (κ1) is 23.2. The highest BCUT2D eigenvalue weighted by molar-refractivity contribution is 7.77. The summed E-state index contributed by atoms with van der Waals surface area (Å²) in [6, 6.07) is 18.9. The van der Waals surface area contributed by atoms with Gasteiger partial charge < -0.3 is 0 Å². The Balaban J connectivity index is 1.59. The summed E-state index contributed by atoms with van der Waals surface area (Å²) in [7, 11) is 0. The molecule has 2 N–H and O–H groups in total. The second-order valence-corrected chi connectivity index (χ2v) is 8.79. The maximum atomic E-state index is 14.2. The van der Waals surface area contributed by atoms with Crippen LogP contribution in [-0.2, 0) is 17.7 Å². The smallest absolute Gasteiger partial charge is 0.231 e. The van der Waals surface area contributed by atoms with Gasteiger partial charge in [0.2, 0.25) is 11.3 Å². The molecule has 1 aromatic heterocycles. The number of nitrogens with zero attached hydrogens (tertiary/aromatic N) is 1. The number of carbonyl (C=O) groups excluding carboxylic acids is 1. The summed E-state index contributed by atoms with van der Waals surface area (Å²) in [6.45, 7) is 0.302. The standard InChI is InChI=1S/C25H20ClFN2O3S/c26-22-6-3-17(4-7-22)21-13-19-12-18(5-8-24(19)28-15-21)25(30)20-10-16(11-23(27)14-20)2-1-9-29-33(31)32/h3-8,10-15,29H,1-2,9H2,(H,31,32). The van der Waals surface area contributed by atoms with Gasteiger partial charge in [-0.15, -0.1) is 0 Å². The molecule has 4 rings (SSSR count). The van der Waals surface area contributed by atoms with Crippen LogP contribution < -0.4 is 4.72 Å². The number of pyridine rings is 1. The molecule has 1 unspecified atom stereocenters. The molecule has 8 heteroatoms. The first-order valence-electron chi connectivity index (χ1n) is 10.2. The molecule has 168 valence electrons. The number of benzene rings is 3. The summed E-state index contributed by atoms with van der Waals surface area (Å²) < 4.78 is 36.0. The molecule has 0 fully saturated rings. The first-order valence-corrected chi connectivity index (χ1v) is 11.7. The predicted molar refractivity (Wildman–Crippen MR) is 129 cm³/mol. The molecule has 0 aliphatic carbocycles. The molecule has 0 amide bonds. The number of halogens is 2. The van der Waals surface area contributed by atoms with E-state index in [0.717, 1.165) is 22.0 Å². The van der Waals surface area contributed by atoms with Crippen molar-refractivity contribution in [3.63, 3.8) is 0 Å². The third-order valence-electron chi connectivity index (χ3n) is 5.21. The normalized spacial score (nSPS) is 12.1. The number of hydrogen-bond donors (Lipinski definition) is 2. The highest BCUT2D eigenvalue weighted by atomic mass is 35.5. The van der Waals surface area contributed by atoms with E-state index in [9.17, 15) is 13.4 Å². The van der Waals surface area contributed by atoms with E-state index in [-0.39, 0.29) is 11.3 Å². The third kappa shape index (κ3) is 5.89. The zero-order valence-corrected chi connectivity index (χ0v) is 19.0. The van der Waals surface area contributed by atoms with Crippen LogP contribution in [0.4, 0.5) is 4.39 Å². The zero-order chi connectivity index (χ0) is 23.4. The maximum absolute atomic E-state index is 14.2. The van der Waals surface area contributed by atoms with Crippen molar-refractivity contribution in [1.82, 2.24) is 9.71 Å². The van der Waals surface area contributed by atoms with E-state index < -0.39 is 17.1 Å². The minimum absolute atomic E-state index is 0.254. The summed E-state index contributed by atoms with van der Waals surface area (Å²) >= 11 is 3.89. The Labute approximate surface area is 198 Å². The number of ketones is 1. The Hall–Kier alpha value is -2.97. The highest BCUT2D eigenvalue weighted by Gasteiger charge is 2.13. The van der Waals surface area contributed by atoms with E-state index in [1.165, 1.54) is 12.1 Å². The van der Waals surface area contributed by atoms with Crippen molar-refractivity contribution < 1.29 is 17.9 Å². The number of aromatic nitrogens is 1. The largest absolute Gasteiger partial charge is 0.294 e. The monoisotopic (exact) mass is 482 g/mol. The number of fused-ring (bicyclic) bond motifs is 1. The number of rotatable bonds is 8. The highest BCUT2D eigenvalue weighted by Crippen LogP contribution is 2.26. The van der Waals surface area contributed by atoms with Gasteiger partial charge in [0.15, 0.2) is 5.78 Å². The van der Waals surface area contributed by atoms with Crippen molar-refractivity contribution in [2.45, 2.75) is 12.8 Å². The van der Waals surface area contributed by atoms with Gasteiger partial charge in [-0.3, -0.25) is 14.3 Å². The molecule has 0 aliphatic rings. The fourth-order valence-electron chi connectivity index (χ4n) is 3.62. The molecule has 0 bridgehead atoms. The first-order chi connectivity index (χ1) is 15.9. The average molecular weight is 483 g/mol. The molecule has 1 heterocycles. The Bertz CT molecular complexity index is 1350. The Morgan fingerprint density at radius 1 is 1.00 bits per heavy atom. The van der Waals surface area contributed by atoms with Gasteiger partial charge in [0.25, 0.3) is 0 Å². The van der Waals surface area contributed by atoms with E-state index in [1.54, 1.807) is 30.5 Å². The quantitative estimate of drug-likeness (QED) is 0.195. The lowest BCUT2D eigenvalue weighted by Gasteiger charge is -2.08. The average Bonchev–Trinajstić information content (AvgIpc) is 2.80. The van der Waals surface area contributed by atoms with Crippen LogP contribution in [0.15, 0.2) is 72.9 Å². The molecular weight excluding hydrogens is 463 g/mol. The molecular formula is C25H20ClFN2O3S. The van der Waals surface area contributed by atoms with Gasteiger partial charge in [-0.25, -0.2) is 13.3 Å². The van der Waals surface area contributed by atoms with Crippen LogP contribution in [0.5, 0.6) is 0 Å². The summed E-state index contributed by atoms with van der Waals surface area (Å²) in [5.41, 5.74) is 3.94. The van der Waals surface area contributed by atoms with Crippen molar-refractivity contribution in [2.75, 3.05) is 6.54 Å². The molecule has 0 radical (unpaired) electrons. The van der Waals surface area contributed by atoms with Gasteiger partial charge in [-0.1, -0.05) is 23.7 Å². The van der Waals surface area contributed by atoms with Gasteiger partial charge >= 0.3 is 0 Å². The molecule has 5 nitrogen and oxygen atoms in total. The topological polar surface area (TPSA) is 79.3 Å². The summed E-state index contributed by atoms with van der Waals surface area (Å²) in [4.78, 5) is 17.6. The van der Waals surface area contributed by atoms with Gasteiger partial charge in [-0.05, 0) is 78.6 Å². The summed E-state index contributed by atoms with van der Waals surface area (Å²) in [5.74, 6) is -0.786. The third-order valence-corrected chi connectivity index (χ3v) is 5.91. The summed E-state index contributed by atoms with van der Waals surface area (Å²) in [5, 5.41) is 1.45. The number of nitrogens with one attached hydrogen (secondary N) is 1. The minimum atomic E-state index is -2.08. The van der Waals surface area contributed by atoms with Crippen molar-refractivity contribution >= 4 is 39.6 Å². The second-order valence-electron chi connectivity index (χ2n) is 7.56. The van der Waals surface area contributed by atoms with Crippen molar-refractivity contribution in [3.05, 3.63) is 100 Å². The minimum Gasteiger partial charge on any atom is -0.294 e. The van der Waals surface area contributed by atoms with Crippen LogP contribution in [0, 0.1) is 5.82 Å². The van der Waals surface area contributed by atoms with E-state index >= 15 is 0 Å². The Morgan fingerprint density at radius 2 is 1.79 bits per heavy atom. The zero-order valence-electron chi connectivity index (χ0n) is 17.4. The van der Waals surface area contributed by atoms with E-state index in [0.29, 0.717) is 35.5 Å². The second kappa shape index (κ2) is 10.3. The predicted octanol–water partition coefficient (Wildman–Crippen LogP) is 5.58. The van der Waals surface area contributed by atoms with Crippen LogP contribution in [0.3, 0.4) is 0 Å². The van der Waals surface area contributed by atoms with E-state index in [4.69, 9.17) is 16.2 Å². The van der Waals surface area contributed by atoms with Crippen molar-refractivity contribution in [2.24, 2.45) is 0 Å². The maximum Gasteiger partial charge on any atom is 0.231 e. The van der Waals surface area contributed by atoms with Gasteiger partial charge in [0, 0.05) is 39.8 Å². The molecule has 0 saturated carbocycles. The molecule has 0 aliphatic heterocycles. The lowest BCUT2D eigenvalue weighted by Crippen LogP contribution is -2.17. The number of carbonyl (C=O) groups is 1. The molecule has 33 heavy (non-hydrogen) atoms. The SMILES string of the molecule is O=C(c1cc(F)cc(CCCNS(=O)O)c1)c1ccc2ncc(-c3ccc(Cl)cc3)cc2c1. The number of hydrogen-bond acceptors (Lipinski definition) is 3. The van der Waals surface area contributed by atoms with Gasteiger partial charge in [-0.2, -0.15) is 0 Å². The molecule has 0 spiro atoms. The fraction of sp³-hybridized carbons (Fsp3) is 0.120. The van der Waals surface area contributed by atoms with Gasteiger partial charge in [0.05, 0.1) is 5.52 Å². The number of aryl methyl sites for hydroxylation is 1. The molecule has 3 aromatic carbocycles. The van der Waals surface area contributed by atoms with E-state index in [2.05, 4.69) is 9.71 Å². The molecule has 1 atom stereocenters. The van der Waals surface area contributed by atoms with Crippen LogP contribution in [0.25, 0.3) is 22.0 Å². The van der Waals surface area contributed by atoms with Gasteiger partial charge in [0.1, 0.15) is 5.82 Å². The molecule has 4 aromatic rings. The fourth-order valence-corrected chi connectivity index (χ4v) is 4.06. The van der Waals surface area contributed by atoms with E-state index in [1.807, 2.05) is 30.3 Å². The molecule has 0 saturated heterocycles.